The Morgan fingerprint density at radius 3 is 2.67 bits per heavy atom. The highest BCUT2D eigenvalue weighted by Gasteiger charge is 2.40. The summed E-state index contributed by atoms with van der Waals surface area (Å²) in [5.41, 5.74) is -0.198. The van der Waals surface area contributed by atoms with Crippen molar-refractivity contribution in [1.82, 2.24) is 15.1 Å². The van der Waals surface area contributed by atoms with Gasteiger partial charge in [-0.2, -0.15) is 0 Å². The first kappa shape index (κ1) is 14.6. The van der Waals surface area contributed by atoms with Crippen molar-refractivity contribution in [3.63, 3.8) is 0 Å². The normalized spacial score (nSPS) is 27.8. The summed E-state index contributed by atoms with van der Waals surface area (Å²) in [7, 11) is 0. The second kappa shape index (κ2) is 5.83. The number of nitrogens with one attached hydrogen (secondary N) is 1. The van der Waals surface area contributed by atoms with Crippen molar-refractivity contribution in [2.45, 2.75) is 44.6 Å². The zero-order valence-corrected chi connectivity index (χ0v) is 12.5. The molecule has 2 amide bonds. The lowest BCUT2D eigenvalue weighted by molar-refractivity contribution is -0.141. The number of carboxylic acids is 1. The highest BCUT2D eigenvalue weighted by atomic mass is 16.4. The van der Waals surface area contributed by atoms with Crippen molar-refractivity contribution >= 4 is 12.0 Å². The Hall–Kier alpha value is -1.30. The van der Waals surface area contributed by atoms with Gasteiger partial charge in [0.1, 0.15) is 0 Å². The maximum absolute atomic E-state index is 12.3. The van der Waals surface area contributed by atoms with Gasteiger partial charge in [0.05, 0.1) is 6.42 Å². The minimum Gasteiger partial charge on any atom is -0.481 e. The summed E-state index contributed by atoms with van der Waals surface area (Å²) in [6, 6.07) is 0.513. The van der Waals surface area contributed by atoms with Crippen LogP contribution in [0.15, 0.2) is 0 Å². The van der Waals surface area contributed by atoms with E-state index in [1.807, 2.05) is 4.90 Å². The summed E-state index contributed by atoms with van der Waals surface area (Å²) in [5, 5.41) is 12.0. The molecular weight excluding hydrogens is 270 g/mol. The Balaban J connectivity index is 1.48. The number of rotatable bonds is 4. The Morgan fingerprint density at radius 1 is 1.19 bits per heavy atom. The molecule has 1 unspecified atom stereocenters. The standard InChI is InChI=1S/C15H25N3O3/c19-13(20)9-15(4-2-5-15)11-16-14(21)18-8-7-17-6-1-3-12(17)10-18/h12H,1-11H2,(H,16,21)(H,19,20). The van der Waals surface area contributed by atoms with E-state index < -0.39 is 5.97 Å². The van der Waals surface area contributed by atoms with E-state index >= 15 is 0 Å². The third kappa shape index (κ3) is 3.15. The molecular formula is C15H25N3O3. The fraction of sp³-hybridized carbons (Fsp3) is 0.867. The predicted octanol–water partition coefficient (Wildman–Crippen LogP) is 1.12. The number of fused-ring (bicyclic) bond motifs is 1. The topological polar surface area (TPSA) is 72.9 Å². The van der Waals surface area contributed by atoms with Crippen LogP contribution in [0.4, 0.5) is 4.79 Å². The Kier molecular flexibility index (Phi) is 4.06. The van der Waals surface area contributed by atoms with Gasteiger partial charge in [-0.05, 0) is 37.6 Å². The van der Waals surface area contributed by atoms with Gasteiger partial charge < -0.3 is 15.3 Å². The number of hydrogen-bond acceptors (Lipinski definition) is 3. The molecule has 1 saturated carbocycles. The van der Waals surface area contributed by atoms with Gasteiger partial charge in [-0.25, -0.2) is 4.79 Å². The summed E-state index contributed by atoms with van der Waals surface area (Å²) in [5.74, 6) is -0.761. The molecule has 118 valence electrons. The lowest BCUT2D eigenvalue weighted by atomic mass is 9.66. The van der Waals surface area contributed by atoms with Gasteiger partial charge in [-0.15, -0.1) is 0 Å². The number of carbonyl (C=O) groups excluding carboxylic acids is 1. The molecule has 1 atom stereocenters. The number of carboxylic acid groups (broad SMARTS) is 1. The smallest absolute Gasteiger partial charge is 0.317 e. The average molecular weight is 295 g/mol. The molecule has 3 aliphatic rings. The zero-order valence-electron chi connectivity index (χ0n) is 12.5. The SMILES string of the molecule is O=C(O)CC1(CNC(=O)N2CCN3CCCC3C2)CCC1. The van der Waals surface area contributed by atoms with Crippen molar-refractivity contribution in [1.29, 1.82) is 0 Å². The summed E-state index contributed by atoms with van der Waals surface area (Å²) < 4.78 is 0. The molecule has 0 radical (unpaired) electrons. The minimum atomic E-state index is -0.761. The molecule has 21 heavy (non-hydrogen) atoms. The van der Waals surface area contributed by atoms with E-state index in [0.29, 0.717) is 12.6 Å². The molecule has 0 aromatic heterocycles. The summed E-state index contributed by atoms with van der Waals surface area (Å²) >= 11 is 0. The zero-order chi connectivity index (χ0) is 14.9. The van der Waals surface area contributed by atoms with E-state index in [-0.39, 0.29) is 17.9 Å². The summed E-state index contributed by atoms with van der Waals surface area (Å²) in [6.07, 6.45) is 5.49. The van der Waals surface area contributed by atoms with E-state index in [1.165, 1.54) is 19.4 Å². The Bertz CT molecular complexity index is 422. The van der Waals surface area contributed by atoms with Gasteiger partial charge in [0.25, 0.3) is 0 Å². The van der Waals surface area contributed by atoms with E-state index in [1.54, 1.807) is 0 Å². The van der Waals surface area contributed by atoms with E-state index in [2.05, 4.69) is 10.2 Å². The van der Waals surface area contributed by atoms with Crippen molar-refractivity contribution in [3.8, 4) is 0 Å². The summed E-state index contributed by atoms with van der Waals surface area (Å²) in [6.45, 7) is 4.25. The molecule has 6 nitrogen and oxygen atoms in total. The lowest BCUT2D eigenvalue weighted by Crippen LogP contribution is -2.56. The number of urea groups is 1. The predicted molar refractivity (Wildman–Crippen MR) is 78.1 cm³/mol. The largest absolute Gasteiger partial charge is 0.481 e. The van der Waals surface area contributed by atoms with Crippen LogP contribution in [0.2, 0.25) is 0 Å². The van der Waals surface area contributed by atoms with Gasteiger partial charge in [-0.1, -0.05) is 6.42 Å². The molecule has 2 heterocycles. The Labute approximate surface area is 125 Å². The number of nitrogens with zero attached hydrogens (tertiary/aromatic N) is 2. The van der Waals surface area contributed by atoms with Crippen molar-refractivity contribution in [2.24, 2.45) is 5.41 Å². The first-order valence-corrected chi connectivity index (χ1v) is 8.07. The molecule has 0 aromatic rings. The van der Waals surface area contributed by atoms with Crippen molar-refractivity contribution in [2.75, 3.05) is 32.7 Å². The van der Waals surface area contributed by atoms with Crippen LogP contribution in [0.3, 0.4) is 0 Å². The number of carbonyl (C=O) groups is 2. The molecule has 2 N–H and O–H groups in total. The first-order chi connectivity index (χ1) is 10.1. The maximum Gasteiger partial charge on any atom is 0.317 e. The van der Waals surface area contributed by atoms with Gasteiger partial charge >= 0.3 is 12.0 Å². The summed E-state index contributed by atoms with van der Waals surface area (Å²) in [4.78, 5) is 27.6. The quantitative estimate of drug-likeness (QED) is 0.815. The average Bonchev–Trinajstić information content (AvgIpc) is 2.88. The van der Waals surface area contributed by atoms with Crippen LogP contribution in [-0.2, 0) is 4.79 Å². The molecule has 3 fully saturated rings. The van der Waals surface area contributed by atoms with Crippen molar-refractivity contribution < 1.29 is 14.7 Å². The van der Waals surface area contributed by atoms with Crippen LogP contribution in [-0.4, -0.2) is 65.7 Å². The maximum atomic E-state index is 12.3. The van der Waals surface area contributed by atoms with Gasteiger partial charge in [0, 0.05) is 32.2 Å². The van der Waals surface area contributed by atoms with Crippen LogP contribution in [0.25, 0.3) is 0 Å². The molecule has 3 rings (SSSR count). The Morgan fingerprint density at radius 2 is 2.00 bits per heavy atom. The fourth-order valence-corrected chi connectivity index (χ4v) is 3.96. The van der Waals surface area contributed by atoms with Crippen molar-refractivity contribution in [3.05, 3.63) is 0 Å². The monoisotopic (exact) mass is 295 g/mol. The van der Waals surface area contributed by atoms with E-state index in [9.17, 15) is 9.59 Å². The lowest BCUT2D eigenvalue weighted by Gasteiger charge is -2.42. The van der Waals surface area contributed by atoms with Crippen LogP contribution < -0.4 is 5.32 Å². The van der Waals surface area contributed by atoms with Crippen LogP contribution >= 0.6 is 0 Å². The molecule has 2 aliphatic heterocycles. The molecule has 6 heteroatoms. The molecule has 0 spiro atoms. The minimum absolute atomic E-state index is 0.0155. The highest BCUT2D eigenvalue weighted by molar-refractivity contribution is 5.74. The van der Waals surface area contributed by atoms with Crippen LogP contribution in [0.1, 0.15) is 38.5 Å². The second-order valence-corrected chi connectivity index (χ2v) is 6.86. The third-order valence-corrected chi connectivity index (χ3v) is 5.43. The van der Waals surface area contributed by atoms with Gasteiger partial charge in [0.2, 0.25) is 0 Å². The van der Waals surface area contributed by atoms with E-state index in [4.69, 9.17) is 5.11 Å². The first-order valence-electron chi connectivity index (χ1n) is 8.07. The highest BCUT2D eigenvalue weighted by Crippen LogP contribution is 2.43. The van der Waals surface area contributed by atoms with Crippen LogP contribution in [0.5, 0.6) is 0 Å². The van der Waals surface area contributed by atoms with Crippen LogP contribution in [0, 0.1) is 5.41 Å². The molecule has 0 bridgehead atoms. The van der Waals surface area contributed by atoms with Gasteiger partial charge in [0.15, 0.2) is 0 Å². The third-order valence-electron chi connectivity index (χ3n) is 5.43. The fourth-order valence-electron chi connectivity index (χ4n) is 3.96. The van der Waals surface area contributed by atoms with Gasteiger partial charge in [-0.3, -0.25) is 9.69 Å². The molecule has 0 aromatic carbocycles. The molecule has 1 aliphatic carbocycles. The second-order valence-electron chi connectivity index (χ2n) is 6.86. The molecule has 2 saturated heterocycles. The number of hydrogen-bond donors (Lipinski definition) is 2. The number of aliphatic carboxylic acids is 1. The van der Waals surface area contributed by atoms with E-state index in [0.717, 1.165) is 38.9 Å². The number of amides is 2. The number of piperazine rings is 1.